The summed E-state index contributed by atoms with van der Waals surface area (Å²) in [5.41, 5.74) is -1.89. The smallest absolute Gasteiger partial charge is 0.336 e. The second-order valence-corrected chi connectivity index (χ2v) is 6.76. The molecule has 0 amide bonds. The topological polar surface area (TPSA) is 122 Å². The maximum Gasteiger partial charge on any atom is 0.336 e. The van der Waals surface area contributed by atoms with Crippen molar-refractivity contribution >= 4 is 11.9 Å². The van der Waals surface area contributed by atoms with Gasteiger partial charge >= 0.3 is 11.9 Å². The highest BCUT2D eigenvalue weighted by Crippen LogP contribution is 2.30. The fraction of sp³-hybridized carbons (Fsp3) is 0.421. The van der Waals surface area contributed by atoms with Gasteiger partial charge in [0.2, 0.25) is 0 Å². The van der Waals surface area contributed by atoms with E-state index in [1.54, 1.807) is 50.6 Å². The molecule has 1 aromatic heterocycles. The molecule has 0 bridgehead atoms. The molecule has 2 unspecified atom stereocenters. The SMILES string of the molecule is CC(C)C(C(=O)O)C(O)(Cc1ccc(OCCn2ccnc2)cc1)C(=O)O. The van der Waals surface area contributed by atoms with E-state index in [1.807, 2.05) is 10.8 Å². The molecule has 2 atom stereocenters. The molecule has 0 fully saturated rings. The Bertz CT molecular complexity index is 757. The van der Waals surface area contributed by atoms with Crippen LogP contribution in [0.2, 0.25) is 0 Å². The summed E-state index contributed by atoms with van der Waals surface area (Å²) in [5.74, 6) is -4.27. The van der Waals surface area contributed by atoms with Crippen molar-refractivity contribution in [2.75, 3.05) is 6.61 Å². The number of benzene rings is 1. The molecule has 0 saturated heterocycles. The van der Waals surface area contributed by atoms with Gasteiger partial charge in [0.1, 0.15) is 12.4 Å². The van der Waals surface area contributed by atoms with Gasteiger partial charge in [-0.3, -0.25) is 4.79 Å². The maximum absolute atomic E-state index is 11.7. The number of ether oxygens (including phenoxy) is 1. The monoisotopic (exact) mass is 376 g/mol. The minimum absolute atomic E-state index is 0.313. The highest BCUT2D eigenvalue weighted by molar-refractivity contribution is 5.86. The quantitative estimate of drug-likeness (QED) is 0.576. The minimum atomic E-state index is -2.40. The van der Waals surface area contributed by atoms with Gasteiger partial charge < -0.3 is 24.6 Å². The first-order chi connectivity index (χ1) is 12.7. The number of carboxylic acids is 2. The normalized spacial score (nSPS) is 14.5. The Kier molecular flexibility index (Phi) is 6.57. The second kappa shape index (κ2) is 8.68. The van der Waals surface area contributed by atoms with E-state index in [0.717, 1.165) is 0 Å². The number of carboxylic acid groups (broad SMARTS) is 2. The summed E-state index contributed by atoms with van der Waals surface area (Å²) in [6, 6.07) is 6.58. The third kappa shape index (κ3) is 5.07. The first-order valence-electron chi connectivity index (χ1n) is 8.60. The summed E-state index contributed by atoms with van der Waals surface area (Å²) in [5, 5.41) is 29.5. The molecule has 0 saturated carbocycles. The third-order valence-corrected chi connectivity index (χ3v) is 4.39. The average molecular weight is 376 g/mol. The van der Waals surface area contributed by atoms with Gasteiger partial charge in [-0.1, -0.05) is 26.0 Å². The molecule has 0 aliphatic rings. The van der Waals surface area contributed by atoms with Crippen molar-refractivity contribution < 1.29 is 29.6 Å². The lowest BCUT2D eigenvalue weighted by Gasteiger charge is -2.32. The molecule has 2 rings (SSSR count). The van der Waals surface area contributed by atoms with Gasteiger partial charge in [-0.05, 0) is 23.6 Å². The van der Waals surface area contributed by atoms with Gasteiger partial charge in [0.25, 0.3) is 0 Å². The summed E-state index contributed by atoms with van der Waals surface area (Å²) in [6.07, 6.45) is 4.88. The summed E-state index contributed by atoms with van der Waals surface area (Å²) in [7, 11) is 0. The van der Waals surface area contributed by atoms with Crippen molar-refractivity contribution in [3.8, 4) is 5.75 Å². The molecular weight excluding hydrogens is 352 g/mol. The van der Waals surface area contributed by atoms with Crippen LogP contribution in [0.5, 0.6) is 5.75 Å². The van der Waals surface area contributed by atoms with Crippen molar-refractivity contribution in [3.05, 3.63) is 48.5 Å². The van der Waals surface area contributed by atoms with Gasteiger partial charge in [0, 0.05) is 18.8 Å². The van der Waals surface area contributed by atoms with E-state index < -0.39 is 29.4 Å². The lowest BCUT2D eigenvalue weighted by Crippen LogP contribution is -2.53. The molecule has 146 valence electrons. The molecule has 8 heteroatoms. The Morgan fingerprint density at radius 1 is 1.22 bits per heavy atom. The number of aromatic nitrogens is 2. The molecule has 1 heterocycles. The number of imidazole rings is 1. The number of aliphatic hydroxyl groups is 1. The Morgan fingerprint density at radius 3 is 2.37 bits per heavy atom. The molecule has 1 aromatic carbocycles. The summed E-state index contributed by atoms with van der Waals surface area (Å²) in [6.45, 7) is 4.21. The van der Waals surface area contributed by atoms with Crippen LogP contribution in [0, 0.1) is 11.8 Å². The standard InChI is InChI=1S/C19H24N2O6/c1-13(2)16(17(22)23)19(26,18(24)25)11-14-3-5-15(6-4-14)27-10-9-21-8-7-20-12-21/h3-8,12-13,16,26H,9-11H2,1-2H3,(H,22,23)(H,24,25). The molecule has 0 aliphatic carbocycles. The predicted molar refractivity (Wildman–Crippen MR) is 96.4 cm³/mol. The number of hydrogen-bond donors (Lipinski definition) is 3. The van der Waals surface area contributed by atoms with Gasteiger partial charge in [-0.2, -0.15) is 0 Å². The molecule has 27 heavy (non-hydrogen) atoms. The van der Waals surface area contributed by atoms with E-state index in [9.17, 15) is 24.9 Å². The van der Waals surface area contributed by atoms with E-state index in [4.69, 9.17) is 4.74 Å². The molecule has 0 spiro atoms. The van der Waals surface area contributed by atoms with Crippen LogP contribution >= 0.6 is 0 Å². The van der Waals surface area contributed by atoms with Crippen LogP contribution in [-0.2, 0) is 22.6 Å². The lowest BCUT2D eigenvalue weighted by atomic mass is 9.76. The van der Waals surface area contributed by atoms with E-state index in [0.29, 0.717) is 24.5 Å². The maximum atomic E-state index is 11.7. The summed E-state index contributed by atoms with van der Waals surface area (Å²) < 4.78 is 7.49. The number of carbonyl (C=O) groups is 2. The molecule has 2 aromatic rings. The molecule has 3 N–H and O–H groups in total. The van der Waals surface area contributed by atoms with Crippen LogP contribution in [0.1, 0.15) is 19.4 Å². The molecule has 8 nitrogen and oxygen atoms in total. The van der Waals surface area contributed by atoms with Crippen LogP contribution in [0.4, 0.5) is 0 Å². The van der Waals surface area contributed by atoms with Crippen molar-refractivity contribution in [2.45, 2.75) is 32.4 Å². The molecule has 0 aliphatic heterocycles. The fourth-order valence-electron chi connectivity index (χ4n) is 3.06. The number of hydrogen-bond acceptors (Lipinski definition) is 5. The van der Waals surface area contributed by atoms with Crippen LogP contribution < -0.4 is 4.74 Å². The summed E-state index contributed by atoms with van der Waals surface area (Å²) >= 11 is 0. The van der Waals surface area contributed by atoms with Gasteiger partial charge in [-0.25, -0.2) is 9.78 Å². The zero-order valence-corrected chi connectivity index (χ0v) is 15.3. The largest absolute Gasteiger partial charge is 0.492 e. The van der Waals surface area contributed by atoms with Crippen LogP contribution in [0.25, 0.3) is 0 Å². The van der Waals surface area contributed by atoms with Gasteiger partial charge in [-0.15, -0.1) is 0 Å². The Labute approximate surface area is 157 Å². The number of rotatable bonds is 10. The van der Waals surface area contributed by atoms with E-state index in [-0.39, 0.29) is 6.42 Å². The lowest BCUT2D eigenvalue weighted by molar-refractivity contribution is -0.177. The van der Waals surface area contributed by atoms with Crippen molar-refractivity contribution in [3.63, 3.8) is 0 Å². The van der Waals surface area contributed by atoms with Crippen molar-refractivity contribution in [1.29, 1.82) is 0 Å². The Morgan fingerprint density at radius 2 is 1.89 bits per heavy atom. The van der Waals surface area contributed by atoms with Gasteiger partial charge in [0.05, 0.1) is 18.8 Å². The highest BCUT2D eigenvalue weighted by atomic mass is 16.5. The molecule has 0 radical (unpaired) electrons. The van der Waals surface area contributed by atoms with Crippen LogP contribution in [0.15, 0.2) is 43.0 Å². The van der Waals surface area contributed by atoms with Crippen LogP contribution in [0.3, 0.4) is 0 Å². The first kappa shape index (κ1) is 20.4. The zero-order valence-electron chi connectivity index (χ0n) is 15.3. The predicted octanol–water partition coefficient (Wildman–Crippen LogP) is 1.68. The molecular formula is C19H24N2O6. The van der Waals surface area contributed by atoms with Crippen LogP contribution in [-0.4, -0.2) is 49.0 Å². The Balaban J connectivity index is 2.05. The summed E-state index contributed by atoms with van der Waals surface area (Å²) in [4.78, 5) is 27.1. The average Bonchev–Trinajstić information content (AvgIpc) is 3.09. The highest BCUT2D eigenvalue weighted by Gasteiger charge is 2.49. The van der Waals surface area contributed by atoms with Crippen molar-refractivity contribution in [2.24, 2.45) is 11.8 Å². The van der Waals surface area contributed by atoms with E-state index >= 15 is 0 Å². The second-order valence-electron chi connectivity index (χ2n) is 6.76. The number of aliphatic carboxylic acids is 2. The fourth-order valence-corrected chi connectivity index (χ4v) is 3.06. The number of nitrogens with zero attached hydrogens (tertiary/aromatic N) is 2. The minimum Gasteiger partial charge on any atom is -0.492 e. The van der Waals surface area contributed by atoms with Gasteiger partial charge in [0.15, 0.2) is 5.60 Å². The van der Waals surface area contributed by atoms with Crippen molar-refractivity contribution in [1.82, 2.24) is 9.55 Å². The van der Waals surface area contributed by atoms with E-state index in [2.05, 4.69) is 4.98 Å². The zero-order chi connectivity index (χ0) is 20.0. The first-order valence-corrected chi connectivity index (χ1v) is 8.60. The third-order valence-electron chi connectivity index (χ3n) is 4.39. The van der Waals surface area contributed by atoms with E-state index in [1.165, 1.54) is 0 Å². The Hall–Kier alpha value is -2.87.